The molecule has 0 aromatic heterocycles. The Morgan fingerprint density at radius 3 is 2.57 bits per heavy atom. The monoisotopic (exact) mass is 420 g/mol. The van der Waals surface area contributed by atoms with Crippen molar-refractivity contribution in [3.05, 3.63) is 58.6 Å². The van der Waals surface area contributed by atoms with Crippen LogP contribution in [-0.2, 0) is 21.2 Å². The SMILES string of the molecule is CCc1ccc(NC(=O)[C@H]2CCCN(S(=O)(=O)c3ccc(C)c(Cl)c3)C2)cc1. The lowest BCUT2D eigenvalue weighted by atomic mass is 9.98. The van der Waals surface area contributed by atoms with E-state index >= 15 is 0 Å². The minimum atomic E-state index is -3.68. The number of nitrogens with zero attached hydrogens (tertiary/aromatic N) is 1. The molecule has 1 saturated heterocycles. The van der Waals surface area contributed by atoms with Gasteiger partial charge in [0, 0.05) is 23.8 Å². The van der Waals surface area contributed by atoms with Gasteiger partial charge in [-0.05, 0) is 61.6 Å². The second-order valence-corrected chi connectivity index (χ2v) is 9.50. The number of sulfonamides is 1. The van der Waals surface area contributed by atoms with E-state index in [1.165, 1.54) is 15.9 Å². The van der Waals surface area contributed by atoms with Gasteiger partial charge in [0.15, 0.2) is 0 Å². The number of aryl methyl sites for hydroxylation is 2. The average Bonchev–Trinajstić information content (AvgIpc) is 2.70. The van der Waals surface area contributed by atoms with E-state index in [-0.39, 0.29) is 23.3 Å². The van der Waals surface area contributed by atoms with Crippen LogP contribution >= 0.6 is 11.6 Å². The smallest absolute Gasteiger partial charge is 0.243 e. The van der Waals surface area contributed by atoms with Crippen molar-refractivity contribution < 1.29 is 13.2 Å². The molecule has 0 spiro atoms. The molecule has 1 fully saturated rings. The second kappa shape index (κ2) is 8.64. The Hall–Kier alpha value is -1.89. The molecule has 7 heteroatoms. The fourth-order valence-electron chi connectivity index (χ4n) is 3.33. The quantitative estimate of drug-likeness (QED) is 0.786. The van der Waals surface area contributed by atoms with Crippen LogP contribution in [0.2, 0.25) is 5.02 Å². The summed E-state index contributed by atoms with van der Waals surface area (Å²) in [5, 5.41) is 3.33. The van der Waals surface area contributed by atoms with Crippen LogP contribution < -0.4 is 5.32 Å². The highest BCUT2D eigenvalue weighted by Gasteiger charge is 2.33. The predicted octanol–water partition coefficient (Wildman–Crippen LogP) is 4.25. The third-order valence-electron chi connectivity index (χ3n) is 5.17. The number of halogens is 1. The van der Waals surface area contributed by atoms with Gasteiger partial charge in [0.25, 0.3) is 0 Å². The minimum Gasteiger partial charge on any atom is -0.326 e. The second-order valence-electron chi connectivity index (χ2n) is 7.15. The number of rotatable bonds is 5. The van der Waals surface area contributed by atoms with E-state index in [2.05, 4.69) is 12.2 Å². The first-order valence-electron chi connectivity index (χ1n) is 9.47. The van der Waals surface area contributed by atoms with Crippen LogP contribution in [-0.4, -0.2) is 31.7 Å². The van der Waals surface area contributed by atoms with Crippen LogP contribution in [0.5, 0.6) is 0 Å². The lowest BCUT2D eigenvalue weighted by Gasteiger charge is -2.31. The van der Waals surface area contributed by atoms with Gasteiger partial charge in [-0.1, -0.05) is 36.7 Å². The molecule has 0 aliphatic carbocycles. The summed E-state index contributed by atoms with van der Waals surface area (Å²) in [4.78, 5) is 12.8. The summed E-state index contributed by atoms with van der Waals surface area (Å²) in [6.07, 6.45) is 2.25. The molecule has 0 saturated carbocycles. The summed E-state index contributed by atoms with van der Waals surface area (Å²) in [6.45, 7) is 4.48. The molecule has 28 heavy (non-hydrogen) atoms. The molecule has 1 atom stereocenters. The molecule has 1 amide bonds. The molecule has 1 heterocycles. The molecule has 0 unspecified atom stereocenters. The minimum absolute atomic E-state index is 0.147. The number of hydrogen-bond donors (Lipinski definition) is 1. The zero-order valence-electron chi connectivity index (χ0n) is 16.1. The lowest BCUT2D eigenvalue weighted by Crippen LogP contribution is -2.43. The number of anilines is 1. The van der Waals surface area contributed by atoms with Crippen molar-refractivity contribution >= 4 is 33.2 Å². The summed E-state index contributed by atoms with van der Waals surface area (Å²) in [7, 11) is -3.68. The molecule has 150 valence electrons. The third-order valence-corrected chi connectivity index (χ3v) is 7.43. The molecule has 2 aromatic rings. The Kier molecular flexibility index (Phi) is 6.43. The van der Waals surface area contributed by atoms with Gasteiger partial charge < -0.3 is 5.32 Å². The fraction of sp³-hybridized carbons (Fsp3) is 0.381. The maximum absolute atomic E-state index is 13.0. The zero-order valence-corrected chi connectivity index (χ0v) is 17.7. The number of carbonyl (C=O) groups excluding carboxylic acids is 1. The van der Waals surface area contributed by atoms with Crippen molar-refractivity contribution in [3.8, 4) is 0 Å². The Morgan fingerprint density at radius 2 is 1.93 bits per heavy atom. The topological polar surface area (TPSA) is 66.5 Å². The summed E-state index contributed by atoms with van der Waals surface area (Å²) in [6, 6.07) is 12.5. The van der Waals surface area contributed by atoms with Gasteiger partial charge >= 0.3 is 0 Å². The van der Waals surface area contributed by atoms with E-state index in [0.29, 0.717) is 24.4 Å². The van der Waals surface area contributed by atoms with Crippen LogP contribution in [0.25, 0.3) is 0 Å². The van der Waals surface area contributed by atoms with Gasteiger partial charge in [-0.2, -0.15) is 4.31 Å². The standard InChI is InChI=1S/C21H25ClN2O3S/c1-3-16-7-9-18(10-8-16)23-21(25)17-5-4-12-24(14-17)28(26,27)19-11-6-15(2)20(22)13-19/h6-11,13,17H,3-5,12,14H2,1-2H3,(H,23,25)/t17-/m0/s1. The predicted molar refractivity (Wildman–Crippen MR) is 112 cm³/mol. The number of carbonyl (C=O) groups is 1. The normalized spacial score (nSPS) is 18.0. The highest BCUT2D eigenvalue weighted by Crippen LogP contribution is 2.27. The molecular formula is C21H25ClN2O3S. The fourth-order valence-corrected chi connectivity index (χ4v) is 5.12. The maximum atomic E-state index is 13.0. The van der Waals surface area contributed by atoms with Crippen molar-refractivity contribution in [1.29, 1.82) is 0 Å². The van der Waals surface area contributed by atoms with E-state index in [1.807, 2.05) is 31.2 Å². The van der Waals surface area contributed by atoms with Crippen molar-refractivity contribution in [2.24, 2.45) is 5.92 Å². The van der Waals surface area contributed by atoms with E-state index in [1.54, 1.807) is 12.1 Å². The summed E-state index contributed by atoms with van der Waals surface area (Å²) < 4.78 is 27.4. The van der Waals surface area contributed by atoms with Gasteiger partial charge in [-0.25, -0.2) is 8.42 Å². The Labute approximate surface area is 171 Å². The highest BCUT2D eigenvalue weighted by molar-refractivity contribution is 7.89. The first-order valence-corrected chi connectivity index (χ1v) is 11.3. The highest BCUT2D eigenvalue weighted by atomic mass is 35.5. The van der Waals surface area contributed by atoms with E-state index in [4.69, 9.17) is 11.6 Å². The van der Waals surface area contributed by atoms with Crippen LogP contribution in [0.1, 0.15) is 30.9 Å². The average molecular weight is 421 g/mol. The van der Waals surface area contributed by atoms with Gasteiger partial charge in [0.2, 0.25) is 15.9 Å². The lowest BCUT2D eigenvalue weighted by molar-refractivity contribution is -0.120. The maximum Gasteiger partial charge on any atom is 0.243 e. The molecule has 1 aliphatic rings. The number of hydrogen-bond acceptors (Lipinski definition) is 3. The molecule has 3 rings (SSSR count). The number of nitrogens with one attached hydrogen (secondary N) is 1. The summed E-state index contributed by atoms with van der Waals surface area (Å²) in [5.74, 6) is -0.526. The molecule has 0 radical (unpaired) electrons. The van der Waals surface area contributed by atoms with E-state index in [0.717, 1.165) is 17.7 Å². The molecule has 0 bridgehead atoms. The largest absolute Gasteiger partial charge is 0.326 e. The van der Waals surface area contributed by atoms with Crippen LogP contribution in [0, 0.1) is 12.8 Å². The number of benzene rings is 2. The van der Waals surface area contributed by atoms with Gasteiger partial charge in [-0.3, -0.25) is 4.79 Å². The van der Waals surface area contributed by atoms with E-state index < -0.39 is 10.0 Å². The zero-order chi connectivity index (χ0) is 20.3. The van der Waals surface area contributed by atoms with Gasteiger partial charge in [0.1, 0.15) is 0 Å². The third kappa shape index (κ3) is 4.57. The first kappa shape index (κ1) is 20.8. The molecule has 5 nitrogen and oxygen atoms in total. The molecule has 2 aromatic carbocycles. The van der Waals surface area contributed by atoms with Crippen LogP contribution in [0.4, 0.5) is 5.69 Å². The molecule has 1 aliphatic heterocycles. The van der Waals surface area contributed by atoms with Crippen molar-refractivity contribution in [2.45, 2.75) is 38.0 Å². The number of amides is 1. The first-order chi connectivity index (χ1) is 13.3. The van der Waals surface area contributed by atoms with Crippen molar-refractivity contribution in [2.75, 3.05) is 18.4 Å². The van der Waals surface area contributed by atoms with Crippen LogP contribution in [0.15, 0.2) is 47.4 Å². The Balaban J connectivity index is 1.71. The van der Waals surface area contributed by atoms with Crippen molar-refractivity contribution in [3.63, 3.8) is 0 Å². The summed E-state index contributed by atoms with van der Waals surface area (Å²) in [5.41, 5.74) is 2.75. The Bertz CT molecular complexity index is 958. The number of piperidine rings is 1. The van der Waals surface area contributed by atoms with E-state index in [9.17, 15) is 13.2 Å². The molecular weight excluding hydrogens is 396 g/mol. The molecule has 1 N–H and O–H groups in total. The van der Waals surface area contributed by atoms with Gasteiger partial charge in [-0.15, -0.1) is 0 Å². The van der Waals surface area contributed by atoms with Crippen molar-refractivity contribution in [1.82, 2.24) is 4.31 Å². The summed E-state index contributed by atoms with van der Waals surface area (Å²) >= 11 is 6.10. The Morgan fingerprint density at radius 1 is 1.21 bits per heavy atom. The van der Waals surface area contributed by atoms with Gasteiger partial charge in [0.05, 0.1) is 10.8 Å². The van der Waals surface area contributed by atoms with Crippen LogP contribution in [0.3, 0.4) is 0 Å².